The summed E-state index contributed by atoms with van der Waals surface area (Å²) >= 11 is 19.5. The highest BCUT2D eigenvalue weighted by Crippen LogP contribution is 2.29. The molecule has 0 bridgehead atoms. The Hall–Kier alpha value is -1.73. The maximum Gasteiger partial charge on any atom is 0.251 e. The van der Waals surface area contributed by atoms with E-state index in [2.05, 4.69) is 15.5 Å². The third-order valence-corrected chi connectivity index (χ3v) is 6.64. The minimum Gasteiger partial charge on any atom is -0.342 e. The van der Waals surface area contributed by atoms with E-state index in [9.17, 15) is 4.79 Å². The molecule has 0 saturated carbocycles. The fourth-order valence-corrected chi connectivity index (χ4v) is 4.16. The summed E-state index contributed by atoms with van der Waals surface area (Å²) in [5.74, 6) is 1.31. The highest BCUT2D eigenvalue weighted by molar-refractivity contribution is 7.98. The van der Waals surface area contributed by atoms with E-state index in [1.807, 2.05) is 37.6 Å². The van der Waals surface area contributed by atoms with Crippen LogP contribution in [0.2, 0.25) is 15.1 Å². The number of rotatable bonds is 7. The second-order valence-electron chi connectivity index (χ2n) is 7.14. The first kappa shape index (κ1) is 22.9. The van der Waals surface area contributed by atoms with Gasteiger partial charge in [-0.15, -0.1) is 10.2 Å². The molecule has 1 N–H and O–H groups in total. The van der Waals surface area contributed by atoms with Gasteiger partial charge in [0.05, 0.1) is 16.1 Å². The van der Waals surface area contributed by atoms with Crippen LogP contribution in [0.5, 0.6) is 0 Å². The summed E-state index contributed by atoms with van der Waals surface area (Å²) in [6.07, 6.45) is 0. The largest absolute Gasteiger partial charge is 0.342 e. The summed E-state index contributed by atoms with van der Waals surface area (Å²) < 4.78 is 1.91. The number of hydrogen-bond donors (Lipinski definition) is 1. The lowest BCUT2D eigenvalue weighted by molar-refractivity contribution is 0.0922. The van der Waals surface area contributed by atoms with Crippen molar-refractivity contribution in [3.8, 4) is 0 Å². The second-order valence-corrected chi connectivity index (χ2v) is 9.33. The third kappa shape index (κ3) is 5.49. The molecule has 3 aromatic rings. The van der Waals surface area contributed by atoms with Crippen molar-refractivity contribution in [1.82, 2.24) is 20.1 Å². The molecule has 30 heavy (non-hydrogen) atoms. The Kier molecular flexibility index (Phi) is 7.69. The molecular weight excluding hydrogens is 463 g/mol. The molecule has 0 aliphatic heterocycles. The van der Waals surface area contributed by atoms with Crippen LogP contribution in [0.15, 0.2) is 47.6 Å². The van der Waals surface area contributed by atoms with E-state index in [0.29, 0.717) is 32.2 Å². The van der Waals surface area contributed by atoms with E-state index in [1.165, 1.54) is 0 Å². The standard InChI is InChI=1S/C21H21Cl3N4OS/c1-12(2)18(25-20(29)14-5-7-15(22)8-6-14)19-26-27-21(28(19)3)30-11-13-4-9-16(23)17(24)10-13/h4-10,12,18H,11H2,1-3H3,(H,25,29)/t18-/m0/s1. The average Bonchev–Trinajstić information content (AvgIpc) is 3.07. The van der Waals surface area contributed by atoms with Gasteiger partial charge < -0.3 is 9.88 Å². The lowest BCUT2D eigenvalue weighted by Crippen LogP contribution is -2.33. The highest BCUT2D eigenvalue weighted by atomic mass is 35.5. The first-order chi connectivity index (χ1) is 14.3. The smallest absolute Gasteiger partial charge is 0.251 e. The van der Waals surface area contributed by atoms with Crippen LogP contribution < -0.4 is 5.32 Å². The van der Waals surface area contributed by atoms with Crippen LogP contribution in [-0.2, 0) is 12.8 Å². The zero-order valence-electron chi connectivity index (χ0n) is 16.7. The molecule has 0 aliphatic rings. The molecule has 2 aromatic carbocycles. The summed E-state index contributed by atoms with van der Waals surface area (Å²) in [5, 5.41) is 14.1. The summed E-state index contributed by atoms with van der Waals surface area (Å²) in [6, 6.07) is 12.1. The Morgan fingerprint density at radius 3 is 2.40 bits per heavy atom. The van der Waals surface area contributed by atoms with Gasteiger partial charge in [0, 0.05) is 23.4 Å². The zero-order valence-corrected chi connectivity index (χ0v) is 19.8. The van der Waals surface area contributed by atoms with Crippen molar-refractivity contribution < 1.29 is 4.79 Å². The summed E-state index contributed by atoms with van der Waals surface area (Å²) in [7, 11) is 1.90. The number of hydrogen-bond acceptors (Lipinski definition) is 4. The Balaban J connectivity index is 1.74. The zero-order chi connectivity index (χ0) is 21.8. The van der Waals surface area contributed by atoms with Gasteiger partial charge in [-0.3, -0.25) is 4.79 Å². The van der Waals surface area contributed by atoms with Crippen molar-refractivity contribution in [3.05, 3.63) is 74.5 Å². The molecule has 0 radical (unpaired) electrons. The minimum atomic E-state index is -0.287. The molecule has 5 nitrogen and oxygen atoms in total. The van der Waals surface area contributed by atoms with Crippen molar-refractivity contribution in [1.29, 1.82) is 0 Å². The molecule has 1 heterocycles. The number of nitrogens with zero attached hydrogens (tertiary/aromatic N) is 3. The van der Waals surface area contributed by atoms with Crippen molar-refractivity contribution in [2.45, 2.75) is 30.8 Å². The number of nitrogens with one attached hydrogen (secondary N) is 1. The molecule has 0 fully saturated rings. The summed E-state index contributed by atoms with van der Waals surface area (Å²) in [6.45, 7) is 4.06. The van der Waals surface area contributed by atoms with Gasteiger partial charge in [0.25, 0.3) is 5.91 Å². The van der Waals surface area contributed by atoms with E-state index in [1.54, 1.807) is 42.1 Å². The predicted octanol–water partition coefficient (Wildman–Crippen LogP) is 6.19. The molecule has 0 spiro atoms. The van der Waals surface area contributed by atoms with Crippen LogP contribution in [0.1, 0.15) is 41.6 Å². The molecule has 1 aromatic heterocycles. The van der Waals surface area contributed by atoms with Gasteiger partial charge in [-0.1, -0.05) is 66.5 Å². The molecule has 0 saturated heterocycles. The number of benzene rings is 2. The van der Waals surface area contributed by atoms with E-state index in [4.69, 9.17) is 34.8 Å². The Labute approximate surface area is 195 Å². The molecule has 0 unspecified atom stereocenters. The Bertz CT molecular complexity index is 1040. The topological polar surface area (TPSA) is 59.8 Å². The molecule has 1 amide bonds. The third-order valence-electron chi connectivity index (χ3n) is 4.56. The van der Waals surface area contributed by atoms with E-state index >= 15 is 0 Å². The number of thioether (sulfide) groups is 1. The fourth-order valence-electron chi connectivity index (χ4n) is 2.86. The van der Waals surface area contributed by atoms with Crippen LogP contribution >= 0.6 is 46.6 Å². The van der Waals surface area contributed by atoms with Gasteiger partial charge in [-0.2, -0.15) is 0 Å². The molecule has 9 heteroatoms. The monoisotopic (exact) mass is 482 g/mol. The quantitative estimate of drug-likeness (QED) is 0.407. The minimum absolute atomic E-state index is 0.122. The molecule has 158 valence electrons. The fraction of sp³-hybridized carbons (Fsp3) is 0.286. The van der Waals surface area contributed by atoms with Crippen molar-refractivity contribution in [3.63, 3.8) is 0 Å². The first-order valence-corrected chi connectivity index (χ1v) is 11.4. The van der Waals surface area contributed by atoms with Gasteiger partial charge >= 0.3 is 0 Å². The number of aromatic nitrogens is 3. The Morgan fingerprint density at radius 2 is 1.77 bits per heavy atom. The number of carbonyl (C=O) groups excluding carboxylic acids is 1. The van der Waals surface area contributed by atoms with Gasteiger partial charge in [0.15, 0.2) is 11.0 Å². The van der Waals surface area contributed by atoms with E-state index in [0.717, 1.165) is 10.7 Å². The van der Waals surface area contributed by atoms with Gasteiger partial charge in [-0.05, 0) is 47.9 Å². The Morgan fingerprint density at radius 1 is 1.07 bits per heavy atom. The van der Waals surface area contributed by atoms with Crippen LogP contribution in [0.3, 0.4) is 0 Å². The van der Waals surface area contributed by atoms with E-state index < -0.39 is 0 Å². The first-order valence-electron chi connectivity index (χ1n) is 9.28. The number of halogens is 3. The van der Waals surface area contributed by atoms with Crippen LogP contribution in [0.4, 0.5) is 0 Å². The molecule has 3 rings (SSSR count). The van der Waals surface area contributed by atoms with Gasteiger partial charge in [0.2, 0.25) is 0 Å². The van der Waals surface area contributed by atoms with Crippen LogP contribution in [-0.4, -0.2) is 20.7 Å². The average molecular weight is 484 g/mol. The second kappa shape index (κ2) is 10.1. The molecular formula is C21H21Cl3N4OS. The predicted molar refractivity (Wildman–Crippen MR) is 124 cm³/mol. The van der Waals surface area contributed by atoms with Gasteiger partial charge in [0.1, 0.15) is 0 Å². The lowest BCUT2D eigenvalue weighted by atomic mass is 10.0. The highest BCUT2D eigenvalue weighted by Gasteiger charge is 2.25. The summed E-state index contributed by atoms with van der Waals surface area (Å²) in [4.78, 5) is 12.7. The molecule has 1 atom stereocenters. The maximum atomic E-state index is 12.7. The van der Waals surface area contributed by atoms with Crippen molar-refractivity contribution >= 4 is 52.5 Å². The van der Waals surface area contributed by atoms with Crippen LogP contribution in [0, 0.1) is 5.92 Å². The molecule has 0 aliphatic carbocycles. The van der Waals surface area contributed by atoms with E-state index in [-0.39, 0.29) is 17.9 Å². The van der Waals surface area contributed by atoms with Crippen molar-refractivity contribution in [2.24, 2.45) is 13.0 Å². The maximum absolute atomic E-state index is 12.7. The lowest BCUT2D eigenvalue weighted by Gasteiger charge is -2.21. The SMILES string of the molecule is CC(C)[C@H](NC(=O)c1ccc(Cl)cc1)c1nnc(SCc2ccc(Cl)c(Cl)c2)n1C. The number of carbonyl (C=O) groups is 1. The normalized spacial score (nSPS) is 12.2. The number of amides is 1. The van der Waals surface area contributed by atoms with Crippen molar-refractivity contribution in [2.75, 3.05) is 0 Å². The summed E-state index contributed by atoms with van der Waals surface area (Å²) in [5.41, 5.74) is 1.58. The van der Waals surface area contributed by atoms with Crippen LogP contribution in [0.25, 0.3) is 0 Å². The van der Waals surface area contributed by atoms with Gasteiger partial charge in [-0.25, -0.2) is 0 Å².